The van der Waals surface area contributed by atoms with Gasteiger partial charge in [-0.25, -0.2) is 9.78 Å². The lowest BCUT2D eigenvalue weighted by molar-refractivity contribution is 0.526. The second kappa shape index (κ2) is 5.95. The summed E-state index contributed by atoms with van der Waals surface area (Å²) in [7, 11) is 0. The molecular formula is C17H19NO3. The van der Waals surface area contributed by atoms with Crippen molar-refractivity contribution in [1.82, 2.24) is 4.98 Å². The maximum atomic E-state index is 12.0. The smallest absolute Gasteiger partial charge is 0.349 e. The Bertz CT molecular complexity index is 808. The summed E-state index contributed by atoms with van der Waals surface area (Å²) >= 11 is 0. The lowest BCUT2D eigenvalue weighted by Crippen LogP contribution is -2.02. The summed E-state index contributed by atoms with van der Waals surface area (Å²) < 4.78 is 10.8. The van der Waals surface area contributed by atoms with Gasteiger partial charge in [0.2, 0.25) is 5.89 Å². The van der Waals surface area contributed by atoms with Crippen molar-refractivity contribution in [3.8, 4) is 11.5 Å². The molecule has 2 heterocycles. The summed E-state index contributed by atoms with van der Waals surface area (Å²) in [6, 6.07) is 7.48. The Kier molecular flexibility index (Phi) is 4.26. The van der Waals surface area contributed by atoms with Gasteiger partial charge in [0, 0.05) is 5.39 Å². The number of oxazole rings is 1. The molecule has 0 aliphatic heterocycles. The van der Waals surface area contributed by atoms with E-state index < -0.39 is 5.63 Å². The van der Waals surface area contributed by atoms with Gasteiger partial charge in [-0.3, -0.25) is 0 Å². The van der Waals surface area contributed by atoms with Crippen LogP contribution in [-0.2, 0) is 0 Å². The van der Waals surface area contributed by atoms with Crippen LogP contribution in [0.4, 0.5) is 0 Å². The highest BCUT2D eigenvalue weighted by Crippen LogP contribution is 2.22. The number of hydrogen-bond donors (Lipinski definition) is 0. The number of aromatic nitrogens is 1. The van der Waals surface area contributed by atoms with Crippen LogP contribution in [0.1, 0.15) is 30.9 Å². The average molecular weight is 285 g/mol. The lowest BCUT2D eigenvalue weighted by atomic mass is 10.1. The molecule has 3 rings (SSSR count). The molecule has 2 aromatic heterocycles. The molecule has 21 heavy (non-hydrogen) atoms. The van der Waals surface area contributed by atoms with Crippen molar-refractivity contribution in [2.24, 2.45) is 0 Å². The number of aryl methyl sites for hydroxylation is 3. The Hall–Kier alpha value is -2.36. The lowest BCUT2D eigenvalue weighted by Gasteiger charge is -2.00. The molecule has 4 heteroatoms. The van der Waals surface area contributed by atoms with Crippen LogP contribution in [-0.4, -0.2) is 4.98 Å². The van der Waals surface area contributed by atoms with Crippen molar-refractivity contribution >= 4 is 11.0 Å². The van der Waals surface area contributed by atoms with Gasteiger partial charge in [-0.15, -0.1) is 0 Å². The van der Waals surface area contributed by atoms with E-state index in [1.807, 2.05) is 52.8 Å². The molecule has 0 spiro atoms. The van der Waals surface area contributed by atoms with Crippen LogP contribution in [0.3, 0.4) is 0 Å². The number of nitrogens with zero attached hydrogens (tertiary/aromatic N) is 1. The van der Waals surface area contributed by atoms with Crippen molar-refractivity contribution in [3.63, 3.8) is 0 Å². The summed E-state index contributed by atoms with van der Waals surface area (Å²) in [5.74, 6) is 1.02. The molecule has 0 unspecified atom stereocenters. The Labute approximate surface area is 123 Å². The minimum atomic E-state index is -0.431. The fraction of sp³-hybridized carbons (Fsp3) is 0.294. The van der Waals surface area contributed by atoms with E-state index in [9.17, 15) is 4.79 Å². The largest absolute Gasteiger partial charge is 0.441 e. The number of fused-ring (bicyclic) bond motifs is 1. The molecule has 0 fully saturated rings. The van der Waals surface area contributed by atoms with Gasteiger partial charge in [0.1, 0.15) is 16.9 Å². The zero-order chi connectivity index (χ0) is 15.6. The highest BCUT2D eigenvalue weighted by molar-refractivity contribution is 5.80. The molecule has 0 atom stereocenters. The first-order valence-corrected chi connectivity index (χ1v) is 7.03. The molecular weight excluding hydrogens is 266 g/mol. The summed E-state index contributed by atoms with van der Waals surface area (Å²) in [6.07, 6.45) is 0. The minimum Gasteiger partial charge on any atom is -0.441 e. The fourth-order valence-electron chi connectivity index (χ4n) is 1.96. The van der Waals surface area contributed by atoms with Gasteiger partial charge in [-0.05, 0) is 38.5 Å². The van der Waals surface area contributed by atoms with Crippen LogP contribution in [0, 0.1) is 20.8 Å². The van der Waals surface area contributed by atoms with E-state index in [1.165, 1.54) is 0 Å². The molecule has 0 radical (unpaired) electrons. The molecule has 3 aromatic rings. The maximum absolute atomic E-state index is 12.0. The SMILES string of the molecule is CC.Cc1ccc2cc(-c3nc(C)c(C)o3)c(=O)oc2c1. The minimum absolute atomic E-state index is 0.311. The third-order valence-corrected chi connectivity index (χ3v) is 3.15. The number of benzene rings is 1. The van der Waals surface area contributed by atoms with E-state index in [2.05, 4.69) is 4.98 Å². The quantitative estimate of drug-likeness (QED) is 0.622. The van der Waals surface area contributed by atoms with Crippen LogP contribution in [0.15, 0.2) is 37.9 Å². The van der Waals surface area contributed by atoms with Gasteiger partial charge in [0.15, 0.2) is 0 Å². The van der Waals surface area contributed by atoms with Gasteiger partial charge in [0.25, 0.3) is 0 Å². The van der Waals surface area contributed by atoms with E-state index in [0.717, 1.165) is 16.6 Å². The molecule has 0 aliphatic carbocycles. The zero-order valence-corrected chi connectivity index (χ0v) is 13.0. The van der Waals surface area contributed by atoms with E-state index >= 15 is 0 Å². The average Bonchev–Trinajstić information content (AvgIpc) is 2.80. The van der Waals surface area contributed by atoms with E-state index in [1.54, 1.807) is 6.07 Å². The third-order valence-electron chi connectivity index (χ3n) is 3.15. The molecule has 0 bridgehead atoms. The topological polar surface area (TPSA) is 56.2 Å². The number of rotatable bonds is 1. The first-order chi connectivity index (χ1) is 10.0. The highest BCUT2D eigenvalue weighted by atomic mass is 16.4. The maximum Gasteiger partial charge on any atom is 0.349 e. The van der Waals surface area contributed by atoms with Crippen molar-refractivity contribution < 1.29 is 8.83 Å². The van der Waals surface area contributed by atoms with E-state index in [-0.39, 0.29) is 0 Å². The molecule has 110 valence electrons. The molecule has 4 nitrogen and oxygen atoms in total. The van der Waals surface area contributed by atoms with Crippen molar-refractivity contribution in [2.45, 2.75) is 34.6 Å². The van der Waals surface area contributed by atoms with Crippen LogP contribution < -0.4 is 5.63 Å². The van der Waals surface area contributed by atoms with Gasteiger partial charge < -0.3 is 8.83 Å². The van der Waals surface area contributed by atoms with Gasteiger partial charge in [0.05, 0.1) is 5.69 Å². The van der Waals surface area contributed by atoms with Gasteiger partial charge >= 0.3 is 5.63 Å². The van der Waals surface area contributed by atoms with E-state index in [4.69, 9.17) is 8.83 Å². The fourth-order valence-corrected chi connectivity index (χ4v) is 1.96. The molecule has 0 saturated heterocycles. The Balaban J connectivity index is 0.000000774. The predicted octanol–water partition coefficient (Wildman–Crippen LogP) is 4.40. The summed E-state index contributed by atoms with van der Waals surface area (Å²) in [5.41, 5.74) is 2.32. The van der Waals surface area contributed by atoms with Crippen molar-refractivity contribution in [2.75, 3.05) is 0 Å². The summed E-state index contributed by atoms with van der Waals surface area (Å²) in [5, 5.41) is 0.855. The Morgan fingerprint density at radius 2 is 1.71 bits per heavy atom. The number of hydrogen-bond acceptors (Lipinski definition) is 4. The van der Waals surface area contributed by atoms with Gasteiger partial charge in [-0.1, -0.05) is 26.0 Å². The molecule has 0 N–H and O–H groups in total. The van der Waals surface area contributed by atoms with Crippen LogP contribution in [0.25, 0.3) is 22.4 Å². The first kappa shape index (κ1) is 15.0. The van der Waals surface area contributed by atoms with Crippen LogP contribution in [0.5, 0.6) is 0 Å². The Morgan fingerprint density at radius 1 is 1.00 bits per heavy atom. The van der Waals surface area contributed by atoms with Crippen molar-refractivity contribution in [3.05, 3.63) is 51.7 Å². The highest BCUT2D eigenvalue weighted by Gasteiger charge is 2.14. The second-order valence-corrected chi connectivity index (χ2v) is 4.65. The van der Waals surface area contributed by atoms with Crippen LogP contribution >= 0.6 is 0 Å². The van der Waals surface area contributed by atoms with E-state index in [0.29, 0.717) is 22.8 Å². The zero-order valence-electron chi connectivity index (χ0n) is 13.0. The second-order valence-electron chi connectivity index (χ2n) is 4.65. The molecule has 1 aromatic carbocycles. The molecule has 0 saturated carbocycles. The van der Waals surface area contributed by atoms with Crippen LogP contribution in [0.2, 0.25) is 0 Å². The monoisotopic (exact) mass is 285 g/mol. The van der Waals surface area contributed by atoms with Crippen molar-refractivity contribution in [1.29, 1.82) is 0 Å². The Morgan fingerprint density at radius 3 is 2.33 bits per heavy atom. The first-order valence-electron chi connectivity index (χ1n) is 7.03. The summed E-state index contributed by atoms with van der Waals surface area (Å²) in [6.45, 7) is 9.61. The van der Waals surface area contributed by atoms with Gasteiger partial charge in [-0.2, -0.15) is 0 Å². The normalized spacial score (nSPS) is 10.3. The summed E-state index contributed by atoms with van der Waals surface area (Å²) in [4.78, 5) is 16.2. The molecule has 0 aliphatic rings. The molecule has 0 amide bonds. The predicted molar refractivity (Wildman–Crippen MR) is 83.5 cm³/mol. The standard InChI is InChI=1S/C15H13NO3.C2H6/c1-8-4-5-11-7-12(15(17)19-13(11)6-8)14-16-9(2)10(3)18-14;1-2/h4-7H,1-3H3;1-2H3. The third kappa shape index (κ3) is 2.89.